The predicted molar refractivity (Wildman–Crippen MR) is 38.4 cm³/mol. The highest BCUT2D eigenvalue weighted by atomic mass is 35.5. The molecule has 0 spiro atoms. The SMILES string of the molecule is CCC(OCCCl)C(=O)O. The van der Waals surface area contributed by atoms with Crippen LogP contribution in [0.4, 0.5) is 0 Å². The van der Waals surface area contributed by atoms with Crippen molar-refractivity contribution in [1.29, 1.82) is 0 Å². The number of aliphatic carboxylic acids is 1. The van der Waals surface area contributed by atoms with E-state index in [2.05, 4.69) is 0 Å². The molecule has 0 saturated carbocycles. The molecule has 1 atom stereocenters. The van der Waals surface area contributed by atoms with Gasteiger partial charge in [-0.1, -0.05) is 6.92 Å². The lowest BCUT2D eigenvalue weighted by atomic mass is 10.3. The van der Waals surface area contributed by atoms with Crippen LogP contribution in [0.15, 0.2) is 0 Å². The third-order valence-corrected chi connectivity index (χ3v) is 1.20. The van der Waals surface area contributed by atoms with Crippen molar-refractivity contribution in [3.8, 4) is 0 Å². The number of ether oxygens (including phenoxy) is 1. The number of halogens is 1. The average molecular weight is 167 g/mol. The highest BCUT2D eigenvalue weighted by Gasteiger charge is 2.13. The number of alkyl halides is 1. The summed E-state index contributed by atoms with van der Waals surface area (Å²) in [6.45, 7) is 2.05. The van der Waals surface area contributed by atoms with Gasteiger partial charge in [0.15, 0.2) is 6.10 Å². The fourth-order valence-corrected chi connectivity index (χ4v) is 0.640. The van der Waals surface area contributed by atoms with E-state index in [0.717, 1.165) is 0 Å². The number of carboxylic acids is 1. The summed E-state index contributed by atoms with van der Waals surface area (Å²) in [6.07, 6.45) is -0.217. The molecule has 4 heteroatoms. The summed E-state index contributed by atoms with van der Waals surface area (Å²) >= 11 is 5.29. The number of carbonyl (C=O) groups is 1. The maximum absolute atomic E-state index is 10.3. The predicted octanol–water partition coefficient (Wildman–Crippen LogP) is 1.10. The average Bonchev–Trinajstić information content (AvgIpc) is 1.89. The third-order valence-electron chi connectivity index (χ3n) is 1.04. The van der Waals surface area contributed by atoms with Gasteiger partial charge in [-0.2, -0.15) is 0 Å². The summed E-state index contributed by atoms with van der Waals surface area (Å²) in [5.41, 5.74) is 0. The van der Waals surface area contributed by atoms with Crippen molar-refractivity contribution in [3.63, 3.8) is 0 Å². The van der Waals surface area contributed by atoms with E-state index < -0.39 is 12.1 Å². The molecular weight excluding hydrogens is 156 g/mol. The van der Waals surface area contributed by atoms with Crippen LogP contribution in [0.3, 0.4) is 0 Å². The molecule has 0 aromatic rings. The Hall–Kier alpha value is -0.280. The van der Waals surface area contributed by atoms with Gasteiger partial charge < -0.3 is 9.84 Å². The number of hydrogen-bond acceptors (Lipinski definition) is 2. The first-order valence-corrected chi connectivity index (χ1v) is 3.66. The van der Waals surface area contributed by atoms with Crippen molar-refractivity contribution in [2.24, 2.45) is 0 Å². The minimum atomic E-state index is -0.924. The molecule has 0 heterocycles. The van der Waals surface area contributed by atoms with Crippen LogP contribution in [-0.2, 0) is 9.53 Å². The van der Waals surface area contributed by atoms with Crippen LogP contribution in [0.2, 0.25) is 0 Å². The lowest BCUT2D eigenvalue weighted by molar-refractivity contribution is -0.150. The highest BCUT2D eigenvalue weighted by molar-refractivity contribution is 6.17. The molecule has 0 saturated heterocycles. The Morgan fingerprint density at radius 3 is 2.70 bits per heavy atom. The van der Waals surface area contributed by atoms with E-state index in [1.807, 2.05) is 0 Å². The van der Waals surface area contributed by atoms with E-state index in [9.17, 15) is 4.79 Å². The van der Waals surface area contributed by atoms with Gasteiger partial charge >= 0.3 is 5.97 Å². The molecule has 0 aliphatic carbocycles. The van der Waals surface area contributed by atoms with Crippen LogP contribution in [0.1, 0.15) is 13.3 Å². The van der Waals surface area contributed by atoms with Crippen molar-refractivity contribution >= 4 is 17.6 Å². The Kier molecular flexibility index (Phi) is 5.35. The van der Waals surface area contributed by atoms with Crippen molar-refractivity contribution in [2.75, 3.05) is 12.5 Å². The Bertz CT molecular complexity index is 105. The maximum Gasteiger partial charge on any atom is 0.332 e. The molecule has 0 amide bonds. The third kappa shape index (κ3) is 3.69. The summed E-state index contributed by atoms with van der Waals surface area (Å²) in [7, 11) is 0. The summed E-state index contributed by atoms with van der Waals surface area (Å²) in [4.78, 5) is 10.3. The molecule has 1 N–H and O–H groups in total. The topological polar surface area (TPSA) is 46.5 Å². The second-order valence-corrected chi connectivity index (χ2v) is 2.17. The van der Waals surface area contributed by atoms with E-state index in [-0.39, 0.29) is 0 Å². The normalized spacial score (nSPS) is 13.0. The van der Waals surface area contributed by atoms with Gasteiger partial charge in [-0.05, 0) is 6.42 Å². The lowest BCUT2D eigenvalue weighted by Gasteiger charge is -2.08. The first-order valence-electron chi connectivity index (χ1n) is 3.12. The number of rotatable bonds is 5. The molecule has 0 aliphatic heterocycles. The van der Waals surface area contributed by atoms with Gasteiger partial charge in [-0.15, -0.1) is 11.6 Å². The Labute approximate surface area is 64.9 Å². The van der Waals surface area contributed by atoms with Gasteiger partial charge in [0.25, 0.3) is 0 Å². The Morgan fingerprint density at radius 1 is 1.80 bits per heavy atom. The number of hydrogen-bond donors (Lipinski definition) is 1. The van der Waals surface area contributed by atoms with E-state index in [1.54, 1.807) is 6.92 Å². The molecule has 60 valence electrons. The molecule has 1 unspecified atom stereocenters. The first kappa shape index (κ1) is 9.72. The molecule has 0 radical (unpaired) electrons. The largest absolute Gasteiger partial charge is 0.479 e. The van der Waals surface area contributed by atoms with Crippen LogP contribution in [0.5, 0.6) is 0 Å². The van der Waals surface area contributed by atoms with Crippen molar-refractivity contribution in [2.45, 2.75) is 19.4 Å². The smallest absolute Gasteiger partial charge is 0.332 e. The van der Waals surface area contributed by atoms with Gasteiger partial charge in [0, 0.05) is 5.88 Å². The molecule has 0 bridgehead atoms. The quantitative estimate of drug-likeness (QED) is 0.623. The van der Waals surface area contributed by atoms with Crippen LogP contribution in [0, 0.1) is 0 Å². The molecule has 0 aliphatic rings. The minimum Gasteiger partial charge on any atom is -0.479 e. The summed E-state index contributed by atoms with van der Waals surface area (Å²) < 4.78 is 4.87. The molecule has 0 aromatic carbocycles. The van der Waals surface area contributed by atoms with E-state index in [4.69, 9.17) is 21.4 Å². The first-order chi connectivity index (χ1) is 4.72. The van der Waals surface area contributed by atoms with Crippen LogP contribution >= 0.6 is 11.6 Å². The van der Waals surface area contributed by atoms with Crippen molar-refractivity contribution in [3.05, 3.63) is 0 Å². The van der Waals surface area contributed by atoms with Crippen LogP contribution < -0.4 is 0 Å². The Balaban J connectivity index is 3.50. The maximum atomic E-state index is 10.3. The summed E-state index contributed by atoms with van der Waals surface area (Å²) in [5, 5.41) is 8.43. The highest BCUT2D eigenvalue weighted by Crippen LogP contribution is 1.97. The van der Waals surface area contributed by atoms with Gasteiger partial charge in [0.2, 0.25) is 0 Å². The summed E-state index contributed by atoms with van der Waals surface area (Å²) in [5.74, 6) is -0.586. The van der Waals surface area contributed by atoms with Crippen LogP contribution in [-0.4, -0.2) is 29.7 Å². The zero-order valence-corrected chi connectivity index (χ0v) is 6.60. The van der Waals surface area contributed by atoms with E-state index in [1.165, 1.54) is 0 Å². The molecule has 0 rings (SSSR count). The zero-order valence-electron chi connectivity index (χ0n) is 5.84. The fraction of sp³-hybridized carbons (Fsp3) is 0.833. The monoisotopic (exact) mass is 166 g/mol. The summed E-state index contributed by atoms with van der Waals surface area (Å²) in [6, 6.07) is 0. The lowest BCUT2D eigenvalue weighted by Crippen LogP contribution is -2.23. The van der Waals surface area contributed by atoms with Crippen LogP contribution in [0.25, 0.3) is 0 Å². The molecule has 10 heavy (non-hydrogen) atoms. The second kappa shape index (κ2) is 5.50. The van der Waals surface area contributed by atoms with E-state index >= 15 is 0 Å². The molecule has 3 nitrogen and oxygen atoms in total. The number of carboxylic acid groups (broad SMARTS) is 1. The van der Waals surface area contributed by atoms with Gasteiger partial charge in [-0.25, -0.2) is 4.79 Å². The van der Waals surface area contributed by atoms with Crippen molar-refractivity contribution < 1.29 is 14.6 Å². The van der Waals surface area contributed by atoms with Gasteiger partial charge in [-0.3, -0.25) is 0 Å². The fourth-order valence-electron chi connectivity index (χ4n) is 0.551. The zero-order chi connectivity index (χ0) is 7.98. The van der Waals surface area contributed by atoms with Gasteiger partial charge in [0.05, 0.1) is 6.61 Å². The molecular formula is C6H11ClO3. The minimum absolute atomic E-state index is 0.298. The molecule has 0 fully saturated rings. The Morgan fingerprint density at radius 2 is 2.40 bits per heavy atom. The van der Waals surface area contributed by atoms with Gasteiger partial charge in [0.1, 0.15) is 0 Å². The standard InChI is InChI=1S/C6H11ClO3/c1-2-5(6(8)9)10-4-3-7/h5H,2-4H2,1H3,(H,8,9). The second-order valence-electron chi connectivity index (χ2n) is 1.79. The van der Waals surface area contributed by atoms with E-state index in [0.29, 0.717) is 18.9 Å². The van der Waals surface area contributed by atoms with Crippen molar-refractivity contribution in [1.82, 2.24) is 0 Å². The molecule has 0 aromatic heterocycles.